The molecule has 1 aliphatic rings. The third-order valence-corrected chi connectivity index (χ3v) is 4.26. The van der Waals surface area contributed by atoms with E-state index in [9.17, 15) is 9.59 Å². The number of ketones is 1. The van der Waals surface area contributed by atoms with E-state index in [1.165, 1.54) is 6.92 Å². The average Bonchev–Trinajstić information content (AvgIpc) is 2.88. The molecule has 0 unspecified atom stereocenters. The van der Waals surface area contributed by atoms with Crippen LogP contribution in [0, 0.1) is 0 Å². The van der Waals surface area contributed by atoms with E-state index < -0.39 is 0 Å². The lowest BCUT2D eigenvalue weighted by atomic mass is 9.95. The summed E-state index contributed by atoms with van der Waals surface area (Å²) in [5.41, 5.74) is 1.76. The molecule has 0 heterocycles. The zero-order chi connectivity index (χ0) is 15.3. The van der Waals surface area contributed by atoms with E-state index in [-0.39, 0.29) is 11.8 Å². The molecule has 3 nitrogen and oxygen atoms in total. The molecule has 1 aliphatic carbocycles. The topological polar surface area (TPSA) is 43.4 Å². The summed E-state index contributed by atoms with van der Waals surface area (Å²) in [6, 6.07) is 13.8. The van der Waals surface area contributed by atoms with E-state index in [2.05, 4.69) is 6.07 Å². The maximum Gasteiger partial charge on any atom is 0.308 e. The SMILES string of the molecule is CC(=O)Oc1cc2c(c3ccc4ccccc4c13)CCC2=O. The molecule has 3 aromatic carbocycles. The number of carbonyl (C=O) groups is 2. The summed E-state index contributed by atoms with van der Waals surface area (Å²) in [5, 5.41) is 4.06. The lowest BCUT2D eigenvalue weighted by molar-refractivity contribution is -0.131. The minimum Gasteiger partial charge on any atom is -0.426 e. The number of Topliss-reactive ketones (excluding diaryl/α,β-unsaturated/α-hetero) is 1. The Morgan fingerprint density at radius 2 is 1.86 bits per heavy atom. The Bertz CT molecular complexity index is 954. The third kappa shape index (κ3) is 1.82. The summed E-state index contributed by atoms with van der Waals surface area (Å²) >= 11 is 0. The second-order valence-electron chi connectivity index (χ2n) is 5.63. The van der Waals surface area contributed by atoms with E-state index in [4.69, 9.17) is 4.74 Å². The Kier molecular flexibility index (Phi) is 2.76. The van der Waals surface area contributed by atoms with Crippen molar-refractivity contribution in [3.8, 4) is 5.75 Å². The molecule has 0 aliphatic heterocycles. The lowest BCUT2D eigenvalue weighted by Gasteiger charge is -2.13. The van der Waals surface area contributed by atoms with Crippen LogP contribution in [0.25, 0.3) is 21.5 Å². The Hall–Kier alpha value is -2.68. The van der Waals surface area contributed by atoms with Gasteiger partial charge in [0.25, 0.3) is 0 Å². The van der Waals surface area contributed by atoms with E-state index in [0.29, 0.717) is 17.7 Å². The Morgan fingerprint density at radius 3 is 2.68 bits per heavy atom. The first-order valence-electron chi connectivity index (χ1n) is 7.34. The second-order valence-corrected chi connectivity index (χ2v) is 5.63. The van der Waals surface area contributed by atoms with E-state index in [0.717, 1.165) is 33.5 Å². The molecule has 0 saturated heterocycles. The zero-order valence-corrected chi connectivity index (χ0v) is 12.2. The highest BCUT2D eigenvalue weighted by Gasteiger charge is 2.25. The van der Waals surface area contributed by atoms with E-state index >= 15 is 0 Å². The van der Waals surface area contributed by atoms with Crippen molar-refractivity contribution in [2.45, 2.75) is 19.8 Å². The monoisotopic (exact) mass is 290 g/mol. The van der Waals surface area contributed by atoms with Crippen LogP contribution >= 0.6 is 0 Å². The molecule has 0 bridgehead atoms. The van der Waals surface area contributed by atoms with Crippen LogP contribution in [0.2, 0.25) is 0 Å². The minimum atomic E-state index is -0.375. The molecule has 3 aromatic rings. The van der Waals surface area contributed by atoms with Crippen molar-refractivity contribution in [3.63, 3.8) is 0 Å². The first-order chi connectivity index (χ1) is 10.6. The van der Waals surface area contributed by atoms with Gasteiger partial charge >= 0.3 is 5.97 Å². The summed E-state index contributed by atoms with van der Waals surface area (Å²) < 4.78 is 5.42. The molecule has 0 fully saturated rings. The van der Waals surface area contributed by atoms with E-state index in [1.54, 1.807) is 6.07 Å². The van der Waals surface area contributed by atoms with Gasteiger partial charge in [0, 0.05) is 24.3 Å². The highest BCUT2D eigenvalue weighted by atomic mass is 16.5. The van der Waals surface area contributed by atoms with Crippen molar-refractivity contribution >= 4 is 33.3 Å². The molecule has 22 heavy (non-hydrogen) atoms. The predicted octanol–water partition coefficient (Wildman–Crippen LogP) is 4.05. The van der Waals surface area contributed by atoms with Gasteiger partial charge in [-0.3, -0.25) is 9.59 Å². The molecule has 0 atom stereocenters. The van der Waals surface area contributed by atoms with Gasteiger partial charge in [-0.1, -0.05) is 36.4 Å². The van der Waals surface area contributed by atoms with E-state index in [1.807, 2.05) is 30.3 Å². The summed E-state index contributed by atoms with van der Waals surface area (Å²) in [6.45, 7) is 1.38. The fourth-order valence-corrected chi connectivity index (χ4v) is 3.35. The Balaban J connectivity index is 2.18. The van der Waals surface area contributed by atoms with Gasteiger partial charge in [0.05, 0.1) is 0 Å². The van der Waals surface area contributed by atoms with Crippen molar-refractivity contribution < 1.29 is 14.3 Å². The van der Waals surface area contributed by atoms with Crippen molar-refractivity contribution in [2.24, 2.45) is 0 Å². The molecular formula is C19H14O3. The van der Waals surface area contributed by atoms with Crippen molar-refractivity contribution in [2.75, 3.05) is 0 Å². The van der Waals surface area contributed by atoms with Crippen LogP contribution in [0.1, 0.15) is 29.3 Å². The first kappa shape index (κ1) is 13.0. The summed E-state index contributed by atoms with van der Waals surface area (Å²) in [5.74, 6) is 0.228. The van der Waals surface area contributed by atoms with Crippen molar-refractivity contribution in [1.82, 2.24) is 0 Å². The average molecular weight is 290 g/mol. The molecule has 0 radical (unpaired) electrons. The van der Waals surface area contributed by atoms with Crippen LogP contribution in [0.3, 0.4) is 0 Å². The van der Waals surface area contributed by atoms with Gasteiger partial charge in [-0.15, -0.1) is 0 Å². The molecule has 0 aromatic heterocycles. The molecule has 0 saturated carbocycles. The highest BCUT2D eigenvalue weighted by Crippen LogP contribution is 2.40. The highest BCUT2D eigenvalue weighted by molar-refractivity contribution is 6.16. The van der Waals surface area contributed by atoms with Gasteiger partial charge in [-0.2, -0.15) is 0 Å². The normalized spacial score (nSPS) is 13.6. The van der Waals surface area contributed by atoms with Crippen LogP contribution < -0.4 is 4.74 Å². The number of fused-ring (bicyclic) bond motifs is 5. The smallest absolute Gasteiger partial charge is 0.308 e. The van der Waals surface area contributed by atoms with Crippen molar-refractivity contribution in [3.05, 3.63) is 53.6 Å². The molecule has 4 rings (SSSR count). The quantitative estimate of drug-likeness (QED) is 0.386. The van der Waals surface area contributed by atoms with Gasteiger partial charge in [0.2, 0.25) is 0 Å². The number of hydrogen-bond donors (Lipinski definition) is 0. The van der Waals surface area contributed by atoms with Gasteiger partial charge in [0.15, 0.2) is 5.78 Å². The molecular weight excluding hydrogens is 276 g/mol. The number of ether oxygens (including phenoxy) is 1. The molecule has 0 amide bonds. The minimum absolute atomic E-state index is 0.124. The van der Waals surface area contributed by atoms with Crippen molar-refractivity contribution in [1.29, 1.82) is 0 Å². The fraction of sp³-hybridized carbons (Fsp3) is 0.158. The number of esters is 1. The summed E-state index contributed by atoms with van der Waals surface area (Å²) in [7, 11) is 0. The number of carbonyl (C=O) groups excluding carboxylic acids is 2. The molecule has 0 spiro atoms. The lowest BCUT2D eigenvalue weighted by Crippen LogP contribution is -2.04. The maximum atomic E-state index is 12.1. The number of aryl methyl sites for hydroxylation is 1. The second kappa shape index (κ2) is 4.67. The summed E-state index contributed by atoms with van der Waals surface area (Å²) in [4.78, 5) is 23.5. The van der Waals surface area contributed by atoms with Crippen LogP contribution in [0.15, 0.2) is 42.5 Å². The zero-order valence-electron chi connectivity index (χ0n) is 12.2. The third-order valence-electron chi connectivity index (χ3n) is 4.26. The maximum absolute atomic E-state index is 12.1. The predicted molar refractivity (Wildman–Crippen MR) is 85.4 cm³/mol. The summed E-state index contributed by atoms with van der Waals surface area (Å²) in [6.07, 6.45) is 1.28. The first-order valence-corrected chi connectivity index (χ1v) is 7.34. The largest absolute Gasteiger partial charge is 0.426 e. The van der Waals surface area contributed by atoms with Crippen LogP contribution in [-0.4, -0.2) is 11.8 Å². The van der Waals surface area contributed by atoms with Gasteiger partial charge in [0.1, 0.15) is 5.75 Å². The Labute approximate surface area is 127 Å². The molecule has 0 N–H and O–H groups in total. The standard InChI is InChI=1S/C19H14O3/c1-11(20)22-18-10-16-14(8-9-17(16)21)15-7-6-12-4-2-3-5-13(12)19(15)18/h2-7,10H,8-9H2,1H3. The molecule has 3 heteroatoms. The number of rotatable bonds is 1. The van der Waals surface area contributed by atoms with Crippen LogP contribution in [0.4, 0.5) is 0 Å². The fourth-order valence-electron chi connectivity index (χ4n) is 3.35. The van der Waals surface area contributed by atoms with Crippen LogP contribution in [-0.2, 0) is 11.2 Å². The number of benzene rings is 3. The number of hydrogen-bond acceptors (Lipinski definition) is 3. The van der Waals surface area contributed by atoms with Crippen LogP contribution in [0.5, 0.6) is 5.75 Å². The van der Waals surface area contributed by atoms with Gasteiger partial charge < -0.3 is 4.74 Å². The van der Waals surface area contributed by atoms with Gasteiger partial charge in [-0.25, -0.2) is 0 Å². The Morgan fingerprint density at radius 1 is 1.05 bits per heavy atom. The van der Waals surface area contributed by atoms with Gasteiger partial charge in [-0.05, 0) is 34.2 Å². The molecule has 108 valence electrons.